The third-order valence-electron chi connectivity index (χ3n) is 3.62. The fourth-order valence-electron chi connectivity index (χ4n) is 2.53. The summed E-state index contributed by atoms with van der Waals surface area (Å²) in [6.45, 7) is 2.06. The molecule has 7 heteroatoms. The van der Waals surface area contributed by atoms with Crippen molar-refractivity contribution < 1.29 is 9.21 Å². The van der Waals surface area contributed by atoms with Crippen LogP contribution in [0.15, 0.2) is 41.0 Å². The van der Waals surface area contributed by atoms with Gasteiger partial charge in [0.05, 0.1) is 17.0 Å². The smallest absolute Gasteiger partial charge is 0.293 e. The molecule has 1 fully saturated rings. The van der Waals surface area contributed by atoms with Gasteiger partial charge in [0.15, 0.2) is 10.9 Å². The van der Waals surface area contributed by atoms with E-state index in [9.17, 15) is 4.79 Å². The van der Waals surface area contributed by atoms with Crippen molar-refractivity contribution in [2.24, 2.45) is 0 Å². The number of thiocarbonyl (C=S) groups is 1. The highest BCUT2D eigenvalue weighted by atomic mass is 35.5. The molecule has 2 aromatic rings. The molecule has 0 bridgehead atoms. The van der Waals surface area contributed by atoms with Gasteiger partial charge in [0.25, 0.3) is 5.91 Å². The molecule has 1 amide bonds. The lowest BCUT2D eigenvalue weighted by Gasteiger charge is -2.20. The monoisotopic (exact) mass is 349 g/mol. The van der Waals surface area contributed by atoms with Crippen LogP contribution in [-0.4, -0.2) is 24.1 Å². The van der Waals surface area contributed by atoms with Gasteiger partial charge >= 0.3 is 0 Å². The van der Waals surface area contributed by atoms with Gasteiger partial charge < -0.3 is 14.6 Å². The fourth-order valence-corrected chi connectivity index (χ4v) is 3.04. The Morgan fingerprint density at radius 2 is 2.04 bits per heavy atom. The molecule has 120 valence electrons. The van der Waals surface area contributed by atoms with E-state index in [2.05, 4.69) is 15.5 Å². The summed E-state index contributed by atoms with van der Waals surface area (Å²) >= 11 is 11.5. The second-order valence-electron chi connectivity index (χ2n) is 5.25. The van der Waals surface area contributed by atoms with Gasteiger partial charge in [-0.3, -0.25) is 10.1 Å². The average molecular weight is 350 g/mol. The molecule has 0 atom stereocenters. The summed E-state index contributed by atoms with van der Waals surface area (Å²) in [5.41, 5.74) is 1.75. The van der Waals surface area contributed by atoms with Gasteiger partial charge in [-0.25, -0.2) is 0 Å². The Morgan fingerprint density at radius 1 is 1.26 bits per heavy atom. The number of amides is 1. The molecule has 0 radical (unpaired) electrons. The topological polar surface area (TPSA) is 57.5 Å². The number of rotatable bonds is 3. The summed E-state index contributed by atoms with van der Waals surface area (Å²) < 4.78 is 5.01. The normalized spacial score (nSPS) is 13.9. The zero-order valence-corrected chi connectivity index (χ0v) is 13.9. The van der Waals surface area contributed by atoms with E-state index in [4.69, 9.17) is 28.2 Å². The third kappa shape index (κ3) is 3.83. The van der Waals surface area contributed by atoms with Crippen LogP contribution in [0.25, 0.3) is 0 Å². The van der Waals surface area contributed by atoms with Crippen LogP contribution in [0.5, 0.6) is 0 Å². The number of nitrogens with one attached hydrogen (secondary N) is 2. The number of hydrogen-bond acceptors (Lipinski definition) is 4. The molecule has 23 heavy (non-hydrogen) atoms. The Hall–Kier alpha value is -2.05. The Labute approximate surface area is 144 Å². The Morgan fingerprint density at radius 3 is 2.70 bits per heavy atom. The first kappa shape index (κ1) is 15.8. The number of carbonyl (C=O) groups excluding carboxylic acids is 1. The van der Waals surface area contributed by atoms with Crippen molar-refractivity contribution in [2.75, 3.05) is 23.3 Å². The molecule has 0 saturated carbocycles. The quantitative estimate of drug-likeness (QED) is 0.828. The highest BCUT2D eigenvalue weighted by Crippen LogP contribution is 2.31. The van der Waals surface area contributed by atoms with Crippen molar-refractivity contribution in [3.8, 4) is 0 Å². The Kier molecular flexibility index (Phi) is 4.83. The number of furan rings is 1. The van der Waals surface area contributed by atoms with E-state index in [0.29, 0.717) is 5.02 Å². The number of nitrogens with zero attached hydrogens (tertiary/aromatic N) is 1. The molecule has 3 rings (SSSR count). The van der Waals surface area contributed by atoms with Gasteiger partial charge in [-0.1, -0.05) is 11.6 Å². The molecule has 1 aromatic carbocycles. The maximum atomic E-state index is 11.8. The number of hydrogen-bond donors (Lipinski definition) is 2. The summed E-state index contributed by atoms with van der Waals surface area (Å²) in [6.07, 6.45) is 3.82. The zero-order chi connectivity index (χ0) is 16.2. The average Bonchev–Trinajstić information content (AvgIpc) is 3.21. The molecular formula is C16H16ClN3O2S. The molecule has 5 nitrogen and oxygen atoms in total. The van der Waals surface area contributed by atoms with Crippen molar-refractivity contribution >= 4 is 46.2 Å². The zero-order valence-electron chi connectivity index (χ0n) is 12.3. The second kappa shape index (κ2) is 7.02. The van der Waals surface area contributed by atoms with Gasteiger partial charge in [0.2, 0.25) is 0 Å². The van der Waals surface area contributed by atoms with Crippen LogP contribution >= 0.6 is 23.8 Å². The Balaban J connectivity index is 1.62. The van der Waals surface area contributed by atoms with Crippen LogP contribution in [0.3, 0.4) is 0 Å². The predicted octanol–water partition coefficient (Wildman–Crippen LogP) is 3.66. The lowest BCUT2D eigenvalue weighted by atomic mass is 10.2. The predicted molar refractivity (Wildman–Crippen MR) is 95.3 cm³/mol. The molecule has 0 aliphatic carbocycles. The summed E-state index contributed by atoms with van der Waals surface area (Å²) in [7, 11) is 0. The molecule has 2 N–H and O–H groups in total. The van der Waals surface area contributed by atoms with E-state index in [1.165, 1.54) is 19.1 Å². The van der Waals surface area contributed by atoms with E-state index in [1.54, 1.807) is 18.2 Å². The van der Waals surface area contributed by atoms with E-state index in [1.807, 2.05) is 12.1 Å². The standard InChI is InChI=1S/C16H16ClN3O2S/c17-12-10-11(5-6-13(12)20-7-1-2-8-20)18-16(23)19-15(21)14-4-3-9-22-14/h3-6,9-10H,1-2,7-8H2,(H2,18,19,21,23). The molecule has 1 aliphatic heterocycles. The Bertz CT molecular complexity index is 712. The van der Waals surface area contributed by atoms with Crippen LogP contribution in [0, 0.1) is 0 Å². The maximum Gasteiger partial charge on any atom is 0.293 e. The SMILES string of the molecule is O=C(NC(=S)Nc1ccc(N2CCCC2)c(Cl)c1)c1ccco1. The van der Waals surface area contributed by atoms with Crippen molar-refractivity contribution in [2.45, 2.75) is 12.8 Å². The summed E-state index contributed by atoms with van der Waals surface area (Å²) in [6, 6.07) is 8.88. The minimum atomic E-state index is -0.396. The van der Waals surface area contributed by atoms with Crippen LogP contribution in [0.2, 0.25) is 5.02 Å². The molecular weight excluding hydrogens is 334 g/mol. The lowest BCUT2D eigenvalue weighted by molar-refractivity contribution is 0.0950. The summed E-state index contributed by atoms with van der Waals surface area (Å²) in [5.74, 6) is -0.191. The van der Waals surface area contributed by atoms with Gasteiger partial charge in [-0.15, -0.1) is 0 Å². The number of carbonyl (C=O) groups is 1. The van der Waals surface area contributed by atoms with Gasteiger partial charge in [0, 0.05) is 18.8 Å². The minimum absolute atomic E-state index is 0.191. The second-order valence-corrected chi connectivity index (χ2v) is 6.06. The van der Waals surface area contributed by atoms with Crippen LogP contribution in [0.1, 0.15) is 23.4 Å². The van der Waals surface area contributed by atoms with Crippen molar-refractivity contribution in [3.05, 3.63) is 47.4 Å². The van der Waals surface area contributed by atoms with Crippen molar-refractivity contribution in [1.29, 1.82) is 0 Å². The largest absolute Gasteiger partial charge is 0.459 e. The molecule has 2 heterocycles. The van der Waals surface area contributed by atoms with Gasteiger partial charge in [-0.05, 0) is 55.4 Å². The molecule has 0 unspecified atom stereocenters. The highest BCUT2D eigenvalue weighted by molar-refractivity contribution is 7.80. The van der Waals surface area contributed by atoms with E-state index >= 15 is 0 Å². The van der Waals surface area contributed by atoms with Gasteiger partial charge in [0.1, 0.15) is 0 Å². The summed E-state index contributed by atoms with van der Waals surface area (Å²) in [4.78, 5) is 14.1. The van der Waals surface area contributed by atoms with E-state index in [-0.39, 0.29) is 10.9 Å². The van der Waals surface area contributed by atoms with E-state index < -0.39 is 5.91 Å². The molecule has 1 aromatic heterocycles. The number of anilines is 2. The minimum Gasteiger partial charge on any atom is -0.459 e. The molecule has 1 aliphatic rings. The van der Waals surface area contributed by atoms with Crippen molar-refractivity contribution in [3.63, 3.8) is 0 Å². The van der Waals surface area contributed by atoms with Crippen LogP contribution in [-0.2, 0) is 0 Å². The molecule has 1 saturated heterocycles. The maximum absolute atomic E-state index is 11.8. The van der Waals surface area contributed by atoms with E-state index in [0.717, 1.165) is 24.5 Å². The van der Waals surface area contributed by atoms with Crippen LogP contribution in [0.4, 0.5) is 11.4 Å². The first-order valence-corrected chi connectivity index (χ1v) is 8.12. The first-order chi connectivity index (χ1) is 11.1. The lowest BCUT2D eigenvalue weighted by Crippen LogP contribution is -2.33. The highest BCUT2D eigenvalue weighted by Gasteiger charge is 2.16. The number of benzene rings is 1. The molecule has 0 spiro atoms. The fraction of sp³-hybridized carbons (Fsp3) is 0.250. The third-order valence-corrected chi connectivity index (χ3v) is 4.13. The van der Waals surface area contributed by atoms with Crippen LogP contribution < -0.4 is 15.5 Å². The first-order valence-electron chi connectivity index (χ1n) is 7.34. The summed E-state index contributed by atoms with van der Waals surface area (Å²) in [5, 5.41) is 6.36. The van der Waals surface area contributed by atoms with Gasteiger partial charge in [-0.2, -0.15) is 0 Å². The number of halogens is 1. The van der Waals surface area contributed by atoms with Crippen molar-refractivity contribution in [1.82, 2.24) is 5.32 Å².